The Hall–Kier alpha value is -2.96. The first-order valence-electron chi connectivity index (χ1n) is 8.60. The number of hydrogen-bond donors (Lipinski definition) is 1. The van der Waals surface area contributed by atoms with Crippen LogP contribution in [0.4, 0.5) is 5.13 Å². The van der Waals surface area contributed by atoms with E-state index in [1.165, 1.54) is 11.3 Å². The molecule has 4 nitrogen and oxygen atoms in total. The lowest BCUT2D eigenvalue weighted by atomic mass is 10.2. The molecule has 0 amide bonds. The Morgan fingerprint density at radius 3 is 2.54 bits per heavy atom. The van der Waals surface area contributed by atoms with Gasteiger partial charge in [0, 0.05) is 15.4 Å². The molecule has 28 heavy (non-hydrogen) atoms. The van der Waals surface area contributed by atoms with Gasteiger partial charge in [-0.25, -0.2) is 4.98 Å². The Labute approximate surface area is 175 Å². The monoisotopic (exact) mass is 449 g/mol. The third kappa shape index (κ3) is 4.85. The summed E-state index contributed by atoms with van der Waals surface area (Å²) in [6.45, 7) is 0. The van der Waals surface area contributed by atoms with Crippen molar-refractivity contribution in [3.8, 4) is 22.8 Å². The van der Waals surface area contributed by atoms with Crippen LogP contribution in [0.5, 0.6) is 11.5 Å². The van der Waals surface area contributed by atoms with Crippen LogP contribution in [0.3, 0.4) is 0 Å². The second-order valence-corrected chi connectivity index (χ2v) is 7.68. The lowest BCUT2D eigenvalue weighted by Gasteiger charge is -2.05. The summed E-state index contributed by atoms with van der Waals surface area (Å²) in [5.41, 5.74) is 5.92. The minimum atomic E-state index is 0.742. The molecule has 0 saturated heterocycles. The number of hydrazone groups is 1. The molecule has 138 valence electrons. The van der Waals surface area contributed by atoms with E-state index in [4.69, 9.17) is 4.74 Å². The predicted octanol–water partition coefficient (Wildman–Crippen LogP) is 6.81. The fourth-order valence-electron chi connectivity index (χ4n) is 2.52. The van der Waals surface area contributed by atoms with Crippen molar-refractivity contribution < 1.29 is 4.74 Å². The first kappa shape index (κ1) is 18.4. The third-order valence-corrected chi connectivity index (χ3v) is 5.13. The van der Waals surface area contributed by atoms with E-state index in [2.05, 4.69) is 31.4 Å². The largest absolute Gasteiger partial charge is 0.457 e. The fourth-order valence-corrected chi connectivity index (χ4v) is 3.46. The van der Waals surface area contributed by atoms with Gasteiger partial charge in [0.1, 0.15) is 11.5 Å². The SMILES string of the molecule is Brc1ccc(-c2csc(N/N=C\c3cccc(Oc4ccccc4)c3)n2)cc1. The Bertz CT molecular complexity index is 1080. The van der Waals surface area contributed by atoms with E-state index in [9.17, 15) is 0 Å². The molecule has 1 N–H and O–H groups in total. The van der Waals surface area contributed by atoms with Crippen LogP contribution in [0.2, 0.25) is 0 Å². The van der Waals surface area contributed by atoms with Crippen LogP contribution in [-0.4, -0.2) is 11.2 Å². The molecule has 0 saturated carbocycles. The van der Waals surface area contributed by atoms with Crippen LogP contribution < -0.4 is 10.2 Å². The number of halogens is 1. The van der Waals surface area contributed by atoms with Crippen molar-refractivity contribution in [1.82, 2.24) is 4.98 Å². The Morgan fingerprint density at radius 1 is 0.929 bits per heavy atom. The molecule has 0 unspecified atom stereocenters. The van der Waals surface area contributed by atoms with Crippen molar-refractivity contribution in [2.75, 3.05) is 5.43 Å². The highest BCUT2D eigenvalue weighted by Gasteiger charge is 2.04. The molecule has 1 heterocycles. The summed E-state index contributed by atoms with van der Waals surface area (Å²) in [5.74, 6) is 1.57. The molecule has 4 aromatic rings. The summed E-state index contributed by atoms with van der Waals surface area (Å²) in [5, 5.41) is 7.04. The number of anilines is 1. The number of rotatable bonds is 6. The summed E-state index contributed by atoms with van der Waals surface area (Å²) in [4.78, 5) is 4.57. The molecule has 0 radical (unpaired) electrons. The normalized spacial score (nSPS) is 10.9. The third-order valence-electron chi connectivity index (χ3n) is 3.85. The van der Waals surface area contributed by atoms with Crippen molar-refractivity contribution in [1.29, 1.82) is 0 Å². The van der Waals surface area contributed by atoms with E-state index < -0.39 is 0 Å². The molecule has 0 aliphatic carbocycles. The summed E-state index contributed by atoms with van der Waals surface area (Å²) in [6.07, 6.45) is 1.75. The summed E-state index contributed by atoms with van der Waals surface area (Å²) < 4.78 is 6.90. The van der Waals surface area contributed by atoms with Crippen molar-refractivity contribution in [3.63, 3.8) is 0 Å². The molecule has 0 atom stereocenters. The van der Waals surface area contributed by atoms with Gasteiger partial charge in [0.05, 0.1) is 11.9 Å². The molecule has 0 aliphatic rings. The topological polar surface area (TPSA) is 46.5 Å². The second kappa shape index (κ2) is 8.82. The number of thiazole rings is 1. The summed E-state index contributed by atoms with van der Waals surface area (Å²) in [6, 6.07) is 25.5. The van der Waals surface area contributed by atoms with E-state index in [-0.39, 0.29) is 0 Å². The predicted molar refractivity (Wildman–Crippen MR) is 119 cm³/mol. The molecular formula is C22H16BrN3OS. The van der Waals surface area contributed by atoms with Crippen LogP contribution in [-0.2, 0) is 0 Å². The quantitative estimate of drug-likeness (QED) is 0.259. The molecular weight excluding hydrogens is 434 g/mol. The molecule has 0 aliphatic heterocycles. The smallest absolute Gasteiger partial charge is 0.203 e. The van der Waals surface area contributed by atoms with Gasteiger partial charge in [0.25, 0.3) is 0 Å². The van der Waals surface area contributed by atoms with Gasteiger partial charge in [-0.15, -0.1) is 11.3 Å². The highest BCUT2D eigenvalue weighted by Crippen LogP contribution is 2.26. The van der Waals surface area contributed by atoms with Gasteiger partial charge in [-0.05, 0) is 42.0 Å². The number of nitrogens with zero attached hydrogens (tertiary/aromatic N) is 2. The van der Waals surface area contributed by atoms with E-state index in [0.29, 0.717) is 0 Å². The lowest BCUT2D eigenvalue weighted by molar-refractivity contribution is 0.482. The van der Waals surface area contributed by atoms with Crippen molar-refractivity contribution in [3.05, 3.63) is 94.3 Å². The Morgan fingerprint density at radius 2 is 1.71 bits per heavy atom. The number of aromatic nitrogens is 1. The standard InChI is InChI=1S/C22H16BrN3OS/c23-18-11-9-17(10-12-18)21-15-28-22(25-21)26-24-14-16-5-4-8-20(13-16)27-19-6-2-1-3-7-19/h1-15H,(H,25,26)/b24-14-. The molecule has 6 heteroatoms. The minimum absolute atomic E-state index is 0.742. The lowest BCUT2D eigenvalue weighted by Crippen LogP contribution is -1.91. The van der Waals surface area contributed by atoms with Gasteiger partial charge in [-0.1, -0.05) is 58.4 Å². The van der Waals surface area contributed by atoms with Gasteiger partial charge < -0.3 is 4.74 Å². The number of hydrogen-bond acceptors (Lipinski definition) is 5. The highest BCUT2D eigenvalue weighted by atomic mass is 79.9. The molecule has 0 spiro atoms. The minimum Gasteiger partial charge on any atom is -0.457 e. The fraction of sp³-hybridized carbons (Fsp3) is 0. The van der Waals surface area contributed by atoms with Gasteiger partial charge in [-0.3, -0.25) is 5.43 Å². The average molecular weight is 450 g/mol. The zero-order valence-corrected chi connectivity index (χ0v) is 17.2. The van der Waals surface area contributed by atoms with Crippen LogP contribution in [0.1, 0.15) is 5.56 Å². The molecule has 3 aromatic carbocycles. The van der Waals surface area contributed by atoms with Crippen LogP contribution in [0.15, 0.2) is 93.8 Å². The van der Waals surface area contributed by atoms with Gasteiger partial charge in [0.2, 0.25) is 5.13 Å². The van der Waals surface area contributed by atoms with Crippen LogP contribution in [0, 0.1) is 0 Å². The zero-order valence-electron chi connectivity index (χ0n) is 14.7. The zero-order chi connectivity index (χ0) is 19.2. The van der Waals surface area contributed by atoms with E-state index in [1.807, 2.05) is 84.2 Å². The first-order chi connectivity index (χ1) is 13.8. The summed E-state index contributed by atoms with van der Waals surface area (Å²) in [7, 11) is 0. The molecule has 0 fully saturated rings. The maximum atomic E-state index is 5.85. The average Bonchev–Trinajstić information content (AvgIpc) is 3.19. The van der Waals surface area contributed by atoms with E-state index in [0.717, 1.165) is 37.9 Å². The van der Waals surface area contributed by atoms with Crippen LogP contribution in [0.25, 0.3) is 11.3 Å². The molecule has 1 aromatic heterocycles. The van der Waals surface area contributed by atoms with Gasteiger partial charge in [-0.2, -0.15) is 5.10 Å². The highest BCUT2D eigenvalue weighted by molar-refractivity contribution is 9.10. The van der Waals surface area contributed by atoms with E-state index in [1.54, 1.807) is 6.21 Å². The Kier molecular flexibility index (Phi) is 5.80. The summed E-state index contributed by atoms with van der Waals surface area (Å²) >= 11 is 4.96. The van der Waals surface area contributed by atoms with Gasteiger partial charge in [0.15, 0.2) is 0 Å². The van der Waals surface area contributed by atoms with Crippen LogP contribution >= 0.6 is 27.3 Å². The van der Waals surface area contributed by atoms with Crippen molar-refractivity contribution in [2.24, 2.45) is 5.10 Å². The molecule has 4 rings (SSSR count). The maximum Gasteiger partial charge on any atom is 0.203 e. The second-order valence-electron chi connectivity index (χ2n) is 5.90. The number of benzene rings is 3. The number of para-hydroxylation sites is 1. The van der Waals surface area contributed by atoms with Crippen molar-refractivity contribution in [2.45, 2.75) is 0 Å². The number of nitrogens with one attached hydrogen (secondary N) is 1. The number of ether oxygens (including phenoxy) is 1. The Balaban J connectivity index is 1.40. The maximum absolute atomic E-state index is 5.85. The van der Waals surface area contributed by atoms with E-state index >= 15 is 0 Å². The molecule has 0 bridgehead atoms. The van der Waals surface area contributed by atoms with Crippen molar-refractivity contribution >= 4 is 38.6 Å². The van der Waals surface area contributed by atoms with Gasteiger partial charge >= 0.3 is 0 Å². The first-order valence-corrected chi connectivity index (χ1v) is 10.3.